The van der Waals surface area contributed by atoms with Gasteiger partial charge in [0, 0.05) is 0 Å². The van der Waals surface area contributed by atoms with Gasteiger partial charge in [0.15, 0.2) is 0 Å². The number of rotatable bonds is 1. The van der Waals surface area contributed by atoms with E-state index in [4.69, 9.17) is 6.42 Å². The Morgan fingerprint density at radius 2 is 1.71 bits per heavy atom. The summed E-state index contributed by atoms with van der Waals surface area (Å²) in [7, 11) is 0. The summed E-state index contributed by atoms with van der Waals surface area (Å²) in [5, 5.41) is 8.53. The Morgan fingerprint density at radius 3 is 2.14 bits per heavy atom. The fourth-order valence-corrected chi connectivity index (χ4v) is 1.37. The third-order valence-corrected chi connectivity index (χ3v) is 2.27. The Hall–Kier alpha value is -1.82. The molecule has 2 rings (SSSR count). The van der Waals surface area contributed by atoms with E-state index in [1.165, 1.54) is 11.1 Å². The predicted molar refractivity (Wildman–Crippen MR) is 55.8 cm³/mol. The van der Waals surface area contributed by atoms with E-state index in [-0.39, 0.29) is 0 Å². The fraction of sp³-hybridized carbons (Fsp3) is 0.273. The molecule has 0 saturated heterocycles. The third-order valence-electron chi connectivity index (χ3n) is 2.27. The van der Waals surface area contributed by atoms with Gasteiger partial charge in [-0.05, 0) is 37.1 Å². The van der Waals surface area contributed by atoms with Crippen molar-refractivity contribution >= 4 is 11.0 Å². The van der Waals surface area contributed by atoms with Crippen molar-refractivity contribution in [1.29, 1.82) is 0 Å². The van der Waals surface area contributed by atoms with Crippen molar-refractivity contribution in [3.63, 3.8) is 0 Å². The zero-order valence-electron chi connectivity index (χ0n) is 8.28. The van der Waals surface area contributed by atoms with Crippen LogP contribution in [0, 0.1) is 26.2 Å². The Kier molecular flexibility index (Phi) is 1.97. The first-order chi connectivity index (χ1) is 6.70. The van der Waals surface area contributed by atoms with Gasteiger partial charge in [0.2, 0.25) is 0 Å². The van der Waals surface area contributed by atoms with Crippen LogP contribution in [0.1, 0.15) is 11.1 Å². The van der Waals surface area contributed by atoms with E-state index in [2.05, 4.69) is 30.0 Å². The summed E-state index contributed by atoms with van der Waals surface area (Å²) in [6.45, 7) is 4.55. The number of benzene rings is 1. The van der Waals surface area contributed by atoms with E-state index >= 15 is 0 Å². The maximum absolute atomic E-state index is 5.19. The third kappa shape index (κ3) is 1.35. The zero-order valence-corrected chi connectivity index (χ0v) is 8.28. The van der Waals surface area contributed by atoms with E-state index in [0.717, 1.165) is 11.0 Å². The lowest BCUT2D eigenvalue weighted by molar-refractivity contribution is 0.622. The normalized spacial score (nSPS) is 10.4. The second-order valence-corrected chi connectivity index (χ2v) is 3.36. The highest BCUT2D eigenvalue weighted by Gasteiger charge is 2.03. The van der Waals surface area contributed by atoms with Crippen molar-refractivity contribution in [3.05, 3.63) is 23.3 Å². The van der Waals surface area contributed by atoms with Crippen molar-refractivity contribution < 1.29 is 0 Å². The number of hydrogen-bond acceptors (Lipinski definition) is 2. The number of aryl methyl sites for hydroxylation is 2. The molecule has 0 spiro atoms. The van der Waals surface area contributed by atoms with Gasteiger partial charge >= 0.3 is 0 Å². The summed E-state index contributed by atoms with van der Waals surface area (Å²) in [5.41, 5.74) is 4.27. The number of hydrogen-bond donors (Lipinski definition) is 0. The van der Waals surface area contributed by atoms with Crippen LogP contribution in [0.5, 0.6) is 0 Å². The highest BCUT2D eigenvalue weighted by Crippen LogP contribution is 2.15. The highest BCUT2D eigenvalue weighted by molar-refractivity contribution is 5.75. The molecule has 0 bridgehead atoms. The molecule has 0 amide bonds. The standard InChI is InChI=1S/C11H11N3/c1-4-5-14-12-10-6-8(2)9(3)7-11(10)13-14/h1,6-7H,5H2,2-3H3. The smallest absolute Gasteiger partial charge is 0.121 e. The van der Waals surface area contributed by atoms with Crippen LogP contribution in [0.15, 0.2) is 12.1 Å². The zero-order chi connectivity index (χ0) is 10.1. The Labute approximate surface area is 82.7 Å². The van der Waals surface area contributed by atoms with Crippen molar-refractivity contribution in [2.24, 2.45) is 0 Å². The molecule has 0 fully saturated rings. The topological polar surface area (TPSA) is 30.7 Å². The first kappa shape index (κ1) is 8.76. The maximum atomic E-state index is 5.19. The minimum absolute atomic E-state index is 0.423. The SMILES string of the molecule is C#CCn1nc2cc(C)c(C)cc2n1. The highest BCUT2D eigenvalue weighted by atomic mass is 15.5. The van der Waals surface area contributed by atoms with Crippen LogP contribution in [0.2, 0.25) is 0 Å². The monoisotopic (exact) mass is 185 g/mol. The van der Waals surface area contributed by atoms with Crippen LogP contribution in [0.3, 0.4) is 0 Å². The minimum Gasteiger partial charge on any atom is -0.172 e. The molecule has 0 N–H and O–H groups in total. The van der Waals surface area contributed by atoms with Crippen LogP contribution in [-0.4, -0.2) is 15.0 Å². The molecule has 1 aromatic carbocycles. The molecule has 0 aliphatic heterocycles. The molecular weight excluding hydrogens is 174 g/mol. The molecular formula is C11H11N3. The van der Waals surface area contributed by atoms with Gasteiger partial charge in [0.1, 0.15) is 17.6 Å². The molecule has 0 unspecified atom stereocenters. The van der Waals surface area contributed by atoms with Crippen molar-refractivity contribution in [2.45, 2.75) is 20.4 Å². The Balaban J connectivity index is 2.61. The summed E-state index contributed by atoms with van der Waals surface area (Å²) >= 11 is 0. The molecule has 0 aliphatic rings. The summed E-state index contributed by atoms with van der Waals surface area (Å²) in [6.07, 6.45) is 5.19. The Bertz CT molecular complexity index is 478. The van der Waals surface area contributed by atoms with Gasteiger partial charge in [-0.15, -0.1) is 6.42 Å². The van der Waals surface area contributed by atoms with Crippen LogP contribution in [0.25, 0.3) is 11.0 Å². The molecule has 0 atom stereocenters. The molecule has 0 radical (unpaired) electrons. The summed E-state index contributed by atoms with van der Waals surface area (Å²) in [5.74, 6) is 2.51. The molecule has 3 nitrogen and oxygen atoms in total. The van der Waals surface area contributed by atoms with Gasteiger partial charge in [-0.25, -0.2) is 0 Å². The Morgan fingerprint density at radius 1 is 1.21 bits per heavy atom. The van der Waals surface area contributed by atoms with E-state index in [9.17, 15) is 0 Å². The lowest BCUT2D eigenvalue weighted by atomic mass is 10.1. The van der Waals surface area contributed by atoms with Gasteiger partial charge in [-0.2, -0.15) is 15.0 Å². The average molecular weight is 185 g/mol. The molecule has 3 heteroatoms. The van der Waals surface area contributed by atoms with Gasteiger partial charge in [-0.1, -0.05) is 5.92 Å². The maximum Gasteiger partial charge on any atom is 0.121 e. The van der Waals surface area contributed by atoms with Crippen molar-refractivity contribution in [2.75, 3.05) is 0 Å². The lowest BCUT2D eigenvalue weighted by Gasteiger charge is -1.95. The summed E-state index contributed by atoms with van der Waals surface area (Å²) in [6, 6.07) is 4.06. The molecule has 70 valence electrons. The van der Waals surface area contributed by atoms with Crippen molar-refractivity contribution in [3.8, 4) is 12.3 Å². The van der Waals surface area contributed by atoms with E-state index in [0.29, 0.717) is 6.54 Å². The molecule has 14 heavy (non-hydrogen) atoms. The fourth-order valence-electron chi connectivity index (χ4n) is 1.37. The molecule has 1 aromatic heterocycles. The molecule has 0 saturated carbocycles. The van der Waals surface area contributed by atoms with Gasteiger partial charge < -0.3 is 0 Å². The van der Waals surface area contributed by atoms with Gasteiger partial charge in [0.05, 0.1) is 0 Å². The van der Waals surface area contributed by atoms with E-state index in [1.807, 2.05) is 12.1 Å². The second kappa shape index (κ2) is 3.15. The second-order valence-electron chi connectivity index (χ2n) is 3.36. The lowest BCUT2D eigenvalue weighted by Crippen LogP contribution is -1.98. The minimum atomic E-state index is 0.423. The first-order valence-electron chi connectivity index (χ1n) is 4.46. The van der Waals surface area contributed by atoms with E-state index in [1.54, 1.807) is 4.80 Å². The number of nitrogens with zero attached hydrogens (tertiary/aromatic N) is 3. The quantitative estimate of drug-likeness (QED) is 0.633. The van der Waals surface area contributed by atoms with Gasteiger partial charge in [-0.3, -0.25) is 0 Å². The number of fused-ring (bicyclic) bond motifs is 1. The van der Waals surface area contributed by atoms with Crippen molar-refractivity contribution in [1.82, 2.24) is 15.0 Å². The van der Waals surface area contributed by atoms with Crippen LogP contribution < -0.4 is 0 Å². The van der Waals surface area contributed by atoms with Crippen LogP contribution in [0.4, 0.5) is 0 Å². The number of terminal acetylenes is 1. The first-order valence-corrected chi connectivity index (χ1v) is 4.46. The molecule has 0 aliphatic carbocycles. The molecule has 1 heterocycles. The average Bonchev–Trinajstić information content (AvgIpc) is 2.48. The molecule has 2 aromatic rings. The predicted octanol–water partition coefficient (Wildman–Crippen LogP) is 1.68. The van der Waals surface area contributed by atoms with Crippen LogP contribution >= 0.6 is 0 Å². The van der Waals surface area contributed by atoms with E-state index < -0.39 is 0 Å². The summed E-state index contributed by atoms with van der Waals surface area (Å²) < 4.78 is 0. The number of aromatic nitrogens is 3. The van der Waals surface area contributed by atoms with Crippen LogP contribution in [-0.2, 0) is 6.54 Å². The largest absolute Gasteiger partial charge is 0.172 e. The summed E-state index contributed by atoms with van der Waals surface area (Å²) in [4.78, 5) is 1.55. The van der Waals surface area contributed by atoms with Gasteiger partial charge in [0.25, 0.3) is 0 Å².